The number of benzene rings is 2. The Hall–Kier alpha value is -2.36. The Balaban J connectivity index is 2.28. The van der Waals surface area contributed by atoms with Gasteiger partial charge in [0, 0.05) is 16.8 Å². The van der Waals surface area contributed by atoms with Crippen LogP contribution >= 0.6 is 0 Å². The molecule has 3 nitrogen and oxygen atoms in total. The van der Waals surface area contributed by atoms with Crippen LogP contribution in [0.3, 0.4) is 0 Å². The van der Waals surface area contributed by atoms with Crippen molar-refractivity contribution >= 4 is 11.5 Å². The van der Waals surface area contributed by atoms with Gasteiger partial charge in [-0.1, -0.05) is 0 Å². The number of nitrogen functional groups attached to an aromatic ring is 1. The lowest BCUT2D eigenvalue weighted by Crippen LogP contribution is -2.03. The summed E-state index contributed by atoms with van der Waals surface area (Å²) in [6, 6.07) is 10.5. The molecule has 2 rings (SSSR count). The Labute approximate surface area is 110 Å². The number of hydrogen-bond donors (Lipinski definition) is 1. The molecule has 0 amide bonds. The summed E-state index contributed by atoms with van der Waals surface area (Å²) in [5.41, 5.74) is 6.46. The van der Waals surface area contributed by atoms with Crippen molar-refractivity contribution in [3.8, 4) is 5.75 Å². The number of nitrogens with two attached hydrogens (primary N) is 1. The molecule has 2 N–H and O–H groups in total. The van der Waals surface area contributed by atoms with Gasteiger partial charge < -0.3 is 10.5 Å². The second kappa shape index (κ2) is 5.52. The lowest BCUT2D eigenvalue weighted by Gasteiger charge is -2.05. The highest BCUT2D eigenvalue weighted by molar-refractivity contribution is 6.09. The second-order valence-electron chi connectivity index (χ2n) is 4.06. The summed E-state index contributed by atoms with van der Waals surface area (Å²) < 4.78 is 18.5. The van der Waals surface area contributed by atoms with E-state index in [0.717, 1.165) is 0 Å². The van der Waals surface area contributed by atoms with E-state index in [1.165, 1.54) is 18.2 Å². The van der Waals surface area contributed by atoms with Crippen molar-refractivity contribution in [2.45, 2.75) is 6.92 Å². The molecule has 19 heavy (non-hydrogen) atoms. The molecule has 0 aromatic heterocycles. The maximum atomic E-state index is 13.2. The van der Waals surface area contributed by atoms with Crippen LogP contribution in [-0.4, -0.2) is 12.4 Å². The summed E-state index contributed by atoms with van der Waals surface area (Å²) >= 11 is 0. The first-order chi connectivity index (χ1) is 9.10. The van der Waals surface area contributed by atoms with Crippen molar-refractivity contribution in [1.82, 2.24) is 0 Å². The van der Waals surface area contributed by atoms with Gasteiger partial charge in [0.05, 0.1) is 6.61 Å². The monoisotopic (exact) mass is 259 g/mol. The molecule has 0 aliphatic rings. The van der Waals surface area contributed by atoms with Crippen LogP contribution in [-0.2, 0) is 0 Å². The van der Waals surface area contributed by atoms with Crippen molar-refractivity contribution in [1.29, 1.82) is 0 Å². The molecular formula is C15H14FNO2. The van der Waals surface area contributed by atoms with E-state index in [1.807, 2.05) is 6.92 Å². The van der Waals surface area contributed by atoms with Gasteiger partial charge in [0.1, 0.15) is 11.6 Å². The smallest absolute Gasteiger partial charge is 0.193 e. The standard InChI is InChI=1S/C15H14FNO2/c1-2-19-14-5-3-10(4-6-14)15(18)11-7-12(16)9-13(17)8-11/h3-9H,2,17H2,1H3. The predicted molar refractivity (Wildman–Crippen MR) is 71.9 cm³/mol. The van der Waals surface area contributed by atoms with Gasteiger partial charge in [-0.25, -0.2) is 4.39 Å². The third-order valence-corrected chi connectivity index (χ3v) is 2.61. The lowest BCUT2D eigenvalue weighted by atomic mass is 10.0. The van der Waals surface area contributed by atoms with E-state index >= 15 is 0 Å². The summed E-state index contributed by atoms with van der Waals surface area (Å²) in [4.78, 5) is 12.2. The molecule has 0 unspecified atom stereocenters. The molecule has 0 spiro atoms. The summed E-state index contributed by atoms with van der Waals surface area (Å²) in [7, 11) is 0. The van der Waals surface area contributed by atoms with E-state index in [0.29, 0.717) is 17.9 Å². The van der Waals surface area contributed by atoms with Crippen LogP contribution in [0, 0.1) is 5.82 Å². The molecule has 98 valence electrons. The number of carbonyl (C=O) groups is 1. The number of anilines is 1. The fourth-order valence-electron chi connectivity index (χ4n) is 1.78. The molecule has 0 saturated carbocycles. The number of hydrogen-bond acceptors (Lipinski definition) is 3. The van der Waals surface area contributed by atoms with Gasteiger partial charge >= 0.3 is 0 Å². The summed E-state index contributed by atoms with van der Waals surface area (Å²) in [6.45, 7) is 2.45. The van der Waals surface area contributed by atoms with Gasteiger partial charge in [0.25, 0.3) is 0 Å². The van der Waals surface area contributed by atoms with Gasteiger partial charge in [-0.3, -0.25) is 4.79 Å². The first-order valence-corrected chi connectivity index (χ1v) is 5.94. The minimum Gasteiger partial charge on any atom is -0.494 e. The Morgan fingerprint density at radius 3 is 2.42 bits per heavy atom. The van der Waals surface area contributed by atoms with Crippen LogP contribution in [0.1, 0.15) is 22.8 Å². The van der Waals surface area contributed by atoms with E-state index in [-0.39, 0.29) is 17.0 Å². The summed E-state index contributed by atoms with van der Waals surface area (Å²) in [5, 5.41) is 0. The Morgan fingerprint density at radius 1 is 1.16 bits per heavy atom. The Morgan fingerprint density at radius 2 is 1.84 bits per heavy atom. The average molecular weight is 259 g/mol. The quantitative estimate of drug-likeness (QED) is 0.678. The Kier molecular flexibility index (Phi) is 3.80. The number of rotatable bonds is 4. The van der Waals surface area contributed by atoms with Gasteiger partial charge in [0.15, 0.2) is 5.78 Å². The fourth-order valence-corrected chi connectivity index (χ4v) is 1.78. The summed E-state index contributed by atoms with van der Waals surface area (Å²) in [5.74, 6) is -0.0960. The van der Waals surface area contributed by atoms with Crippen LogP contribution in [0.15, 0.2) is 42.5 Å². The van der Waals surface area contributed by atoms with Crippen molar-refractivity contribution in [2.75, 3.05) is 12.3 Å². The van der Waals surface area contributed by atoms with Gasteiger partial charge in [-0.05, 0) is 49.4 Å². The second-order valence-corrected chi connectivity index (χ2v) is 4.06. The number of carbonyl (C=O) groups excluding carboxylic acids is 1. The highest BCUT2D eigenvalue weighted by Gasteiger charge is 2.11. The molecule has 0 bridgehead atoms. The van der Waals surface area contributed by atoms with Crippen LogP contribution in [0.4, 0.5) is 10.1 Å². The maximum Gasteiger partial charge on any atom is 0.193 e. The van der Waals surface area contributed by atoms with Crippen LogP contribution in [0.2, 0.25) is 0 Å². The number of halogens is 1. The lowest BCUT2D eigenvalue weighted by molar-refractivity contribution is 0.103. The first kappa shape index (κ1) is 13.1. The van der Waals surface area contributed by atoms with E-state index in [9.17, 15) is 9.18 Å². The number of ketones is 1. The topological polar surface area (TPSA) is 52.3 Å². The fraction of sp³-hybridized carbons (Fsp3) is 0.133. The zero-order valence-electron chi connectivity index (χ0n) is 10.5. The van der Waals surface area contributed by atoms with Gasteiger partial charge in [-0.15, -0.1) is 0 Å². The van der Waals surface area contributed by atoms with E-state index < -0.39 is 5.82 Å². The van der Waals surface area contributed by atoms with Crippen LogP contribution in [0.5, 0.6) is 5.75 Å². The van der Waals surface area contributed by atoms with Gasteiger partial charge in [-0.2, -0.15) is 0 Å². The van der Waals surface area contributed by atoms with Crippen LogP contribution in [0.25, 0.3) is 0 Å². The van der Waals surface area contributed by atoms with Crippen molar-refractivity contribution in [3.63, 3.8) is 0 Å². The van der Waals surface area contributed by atoms with Crippen molar-refractivity contribution in [3.05, 3.63) is 59.4 Å². The molecule has 0 fully saturated rings. The molecular weight excluding hydrogens is 245 g/mol. The van der Waals surface area contributed by atoms with E-state index in [4.69, 9.17) is 10.5 Å². The minimum atomic E-state index is -0.519. The highest BCUT2D eigenvalue weighted by atomic mass is 19.1. The number of ether oxygens (including phenoxy) is 1. The molecule has 0 heterocycles. The zero-order chi connectivity index (χ0) is 13.8. The largest absolute Gasteiger partial charge is 0.494 e. The maximum absolute atomic E-state index is 13.2. The van der Waals surface area contributed by atoms with E-state index in [1.54, 1.807) is 24.3 Å². The van der Waals surface area contributed by atoms with E-state index in [2.05, 4.69) is 0 Å². The highest BCUT2D eigenvalue weighted by Crippen LogP contribution is 2.18. The SMILES string of the molecule is CCOc1ccc(C(=O)c2cc(N)cc(F)c2)cc1. The molecule has 2 aromatic carbocycles. The molecule has 2 aromatic rings. The normalized spacial score (nSPS) is 10.2. The molecule has 4 heteroatoms. The molecule has 0 saturated heterocycles. The Bertz CT molecular complexity index is 573. The predicted octanol–water partition coefficient (Wildman–Crippen LogP) is 3.04. The zero-order valence-corrected chi connectivity index (χ0v) is 10.5. The molecule has 0 atom stereocenters. The van der Waals surface area contributed by atoms with Crippen LogP contribution < -0.4 is 10.5 Å². The third-order valence-electron chi connectivity index (χ3n) is 2.61. The third kappa shape index (κ3) is 3.10. The summed E-state index contributed by atoms with van der Waals surface area (Å²) in [6.07, 6.45) is 0. The molecule has 0 aliphatic heterocycles. The van der Waals surface area contributed by atoms with Crippen molar-refractivity contribution in [2.24, 2.45) is 0 Å². The minimum absolute atomic E-state index is 0.231. The first-order valence-electron chi connectivity index (χ1n) is 5.94. The molecule has 0 aliphatic carbocycles. The van der Waals surface area contributed by atoms with Gasteiger partial charge in [0.2, 0.25) is 0 Å². The van der Waals surface area contributed by atoms with Crippen molar-refractivity contribution < 1.29 is 13.9 Å². The molecule has 0 radical (unpaired) electrons. The average Bonchev–Trinajstić information content (AvgIpc) is 2.38.